The van der Waals surface area contributed by atoms with Gasteiger partial charge in [-0.25, -0.2) is 22.2 Å². The Morgan fingerprint density at radius 1 is 1.15 bits per heavy atom. The van der Waals surface area contributed by atoms with Crippen LogP contribution in [0, 0.1) is 12.7 Å². The highest BCUT2D eigenvalue weighted by Crippen LogP contribution is 2.23. The van der Waals surface area contributed by atoms with Crippen molar-refractivity contribution in [1.82, 2.24) is 14.5 Å². The average molecular weight is 389 g/mol. The summed E-state index contributed by atoms with van der Waals surface area (Å²) in [5, 5.41) is 4.12. The molecule has 0 saturated carbocycles. The quantitative estimate of drug-likeness (QED) is 0.724. The van der Waals surface area contributed by atoms with Gasteiger partial charge in [-0.1, -0.05) is 6.07 Å². The van der Waals surface area contributed by atoms with Crippen molar-refractivity contribution in [3.63, 3.8) is 0 Å². The van der Waals surface area contributed by atoms with Crippen molar-refractivity contribution in [2.75, 3.05) is 7.11 Å². The summed E-state index contributed by atoms with van der Waals surface area (Å²) < 4.78 is 46.1. The highest BCUT2D eigenvalue weighted by Gasteiger charge is 2.21. The summed E-state index contributed by atoms with van der Waals surface area (Å²) >= 11 is 0. The molecule has 0 fully saturated rings. The fourth-order valence-corrected chi connectivity index (χ4v) is 3.37. The lowest BCUT2D eigenvalue weighted by Crippen LogP contribution is -2.31. The fourth-order valence-electron chi connectivity index (χ4n) is 2.41. The Bertz CT molecular complexity index is 1090. The Labute approximate surface area is 155 Å². The lowest BCUT2D eigenvalue weighted by atomic mass is 10.2. The molecule has 1 N–H and O–H groups in total. The minimum absolute atomic E-state index is 0.0933. The first-order valence-electron chi connectivity index (χ1n) is 7.83. The number of methoxy groups -OCH3 is 1. The highest BCUT2D eigenvalue weighted by atomic mass is 32.2. The Kier molecular flexibility index (Phi) is 4.95. The molecule has 0 spiro atoms. The zero-order chi connectivity index (χ0) is 19.6. The molecule has 0 aliphatic heterocycles. The van der Waals surface area contributed by atoms with Gasteiger partial charge < -0.3 is 4.74 Å². The molecule has 1 heterocycles. The SMILES string of the molecule is COc1ccc(C)cc1-n1ccc(C(=O)NS(=O)(=O)c2ccc(F)cc2)n1. The van der Waals surface area contributed by atoms with Crippen LogP contribution in [0.5, 0.6) is 5.75 Å². The van der Waals surface area contributed by atoms with E-state index >= 15 is 0 Å². The van der Waals surface area contributed by atoms with Crippen molar-refractivity contribution in [3.05, 3.63) is 71.8 Å². The van der Waals surface area contributed by atoms with E-state index in [0.717, 1.165) is 29.8 Å². The van der Waals surface area contributed by atoms with E-state index in [1.165, 1.54) is 24.1 Å². The van der Waals surface area contributed by atoms with Crippen molar-refractivity contribution >= 4 is 15.9 Å². The van der Waals surface area contributed by atoms with E-state index in [9.17, 15) is 17.6 Å². The number of carbonyl (C=O) groups excluding carboxylic acids is 1. The summed E-state index contributed by atoms with van der Waals surface area (Å²) in [5.41, 5.74) is 1.48. The van der Waals surface area contributed by atoms with Crippen LogP contribution in [0.3, 0.4) is 0 Å². The van der Waals surface area contributed by atoms with Gasteiger partial charge in [-0.15, -0.1) is 0 Å². The normalized spacial score (nSPS) is 11.2. The Hall–Kier alpha value is -3.20. The maximum Gasteiger partial charge on any atom is 0.285 e. The second-order valence-electron chi connectivity index (χ2n) is 5.71. The van der Waals surface area contributed by atoms with E-state index in [1.54, 1.807) is 6.07 Å². The molecular weight excluding hydrogens is 373 g/mol. The van der Waals surface area contributed by atoms with Gasteiger partial charge in [0.15, 0.2) is 5.69 Å². The van der Waals surface area contributed by atoms with Crippen molar-refractivity contribution < 1.29 is 22.3 Å². The first-order valence-corrected chi connectivity index (χ1v) is 9.32. The number of amides is 1. The summed E-state index contributed by atoms with van der Waals surface area (Å²) in [5.74, 6) is -0.926. The Balaban J connectivity index is 1.85. The largest absolute Gasteiger partial charge is 0.494 e. The molecule has 3 rings (SSSR count). The molecule has 7 nitrogen and oxygen atoms in total. The van der Waals surface area contributed by atoms with Crippen molar-refractivity contribution in [3.8, 4) is 11.4 Å². The smallest absolute Gasteiger partial charge is 0.285 e. The van der Waals surface area contributed by atoms with Gasteiger partial charge in [-0.05, 0) is 55.0 Å². The number of ether oxygens (including phenoxy) is 1. The van der Waals surface area contributed by atoms with Crippen LogP contribution in [0.15, 0.2) is 59.6 Å². The number of hydrogen-bond donors (Lipinski definition) is 1. The molecule has 0 saturated heterocycles. The molecule has 1 amide bonds. The number of carbonyl (C=O) groups is 1. The van der Waals surface area contributed by atoms with Crippen molar-refractivity contribution in [2.24, 2.45) is 0 Å². The zero-order valence-electron chi connectivity index (χ0n) is 14.5. The number of rotatable bonds is 5. The molecule has 0 aliphatic carbocycles. The van der Waals surface area contributed by atoms with E-state index in [-0.39, 0.29) is 10.6 Å². The third kappa shape index (κ3) is 3.98. The monoisotopic (exact) mass is 389 g/mol. The molecule has 2 aromatic carbocycles. The van der Waals surface area contributed by atoms with E-state index in [0.29, 0.717) is 11.4 Å². The molecule has 0 unspecified atom stereocenters. The van der Waals surface area contributed by atoms with E-state index in [4.69, 9.17) is 4.74 Å². The first kappa shape index (κ1) is 18.6. The van der Waals surface area contributed by atoms with Crippen LogP contribution in [-0.4, -0.2) is 31.2 Å². The maximum absolute atomic E-state index is 13.0. The van der Waals surface area contributed by atoms with Crippen LogP contribution in [0.25, 0.3) is 5.69 Å². The van der Waals surface area contributed by atoms with Crippen LogP contribution in [0.1, 0.15) is 16.1 Å². The molecule has 0 bridgehead atoms. The Morgan fingerprint density at radius 2 is 1.85 bits per heavy atom. The molecule has 0 aliphatic rings. The predicted molar refractivity (Wildman–Crippen MR) is 95.9 cm³/mol. The van der Waals surface area contributed by atoms with Gasteiger partial charge >= 0.3 is 0 Å². The lowest BCUT2D eigenvalue weighted by molar-refractivity contribution is 0.0976. The number of sulfonamides is 1. The molecule has 1 aromatic heterocycles. The first-order chi connectivity index (χ1) is 12.8. The summed E-state index contributed by atoms with van der Waals surface area (Å²) in [7, 11) is -2.63. The lowest BCUT2D eigenvalue weighted by Gasteiger charge is -2.09. The van der Waals surface area contributed by atoms with Gasteiger partial charge in [-0.2, -0.15) is 5.10 Å². The van der Waals surface area contributed by atoms with Crippen LogP contribution < -0.4 is 9.46 Å². The standard InChI is InChI=1S/C18H16FN3O4S/c1-12-3-8-17(26-2)16(11-12)22-10-9-15(20-22)18(23)21-27(24,25)14-6-4-13(19)5-7-14/h3-11H,1-2H3,(H,21,23). The zero-order valence-corrected chi connectivity index (χ0v) is 15.3. The number of aromatic nitrogens is 2. The topological polar surface area (TPSA) is 90.3 Å². The number of nitrogens with one attached hydrogen (secondary N) is 1. The minimum atomic E-state index is -4.14. The molecule has 140 valence electrons. The van der Waals surface area contributed by atoms with Crippen LogP contribution in [-0.2, 0) is 10.0 Å². The average Bonchev–Trinajstić information content (AvgIpc) is 3.12. The summed E-state index contributed by atoms with van der Waals surface area (Å²) in [6.45, 7) is 1.90. The number of halogens is 1. The van der Waals surface area contributed by atoms with Crippen LogP contribution in [0.4, 0.5) is 4.39 Å². The van der Waals surface area contributed by atoms with E-state index in [1.807, 2.05) is 23.8 Å². The second kappa shape index (κ2) is 7.20. The fraction of sp³-hybridized carbons (Fsp3) is 0.111. The molecule has 0 radical (unpaired) electrons. The van der Waals surface area contributed by atoms with Gasteiger partial charge in [0.2, 0.25) is 0 Å². The summed E-state index contributed by atoms with van der Waals surface area (Å²) in [6.07, 6.45) is 1.52. The van der Waals surface area contributed by atoms with Gasteiger partial charge in [0.25, 0.3) is 15.9 Å². The van der Waals surface area contributed by atoms with Gasteiger partial charge in [0, 0.05) is 6.20 Å². The molecule has 27 heavy (non-hydrogen) atoms. The van der Waals surface area contributed by atoms with Gasteiger partial charge in [-0.3, -0.25) is 4.79 Å². The van der Waals surface area contributed by atoms with Crippen molar-refractivity contribution in [2.45, 2.75) is 11.8 Å². The predicted octanol–water partition coefficient (Wildman–Crippen LogP) is 2.45. The second-order valence-corrected chi connectivity index (χ2v) is 7.39. The molecule has 9 heteroatoms. The van der Waals surface area contributed by atoms with Crippen LogP contribution in [0.2, 0.25) is 0 Å². The summed E-state index contributed by atoms with van der Waals surface area (Å²) in [6, 6.07) is 11.0. The highest BCUT2D eigenvalue weighted by molar-refractivity contribution is 7.90. The number of aryl methyl sites for hydroxylation is 1. The number of hydrogen-bond acceptors (Lipinski definition) is 5. The number of nitrogens with zero attached hydrogens (tertiary/aromatic N) is 2. The number of benzene rings is 2. The third-order valence-electron chi connectivity index (χ3n) is 3.75. The Morgan fingerprint density at radius 3 is 2.52 bits per heavy atom. The van der Waals surface area contributed by atoms with Gasteiger partial charge in [0.1, 0.15) is 17.3 Å². The molecule has 0 atom stereocenters. The van der Waals surface area contributed by atoms with Crippen molar-refractivity contribution in [1.29, 1.82) is 0 Å². The maximum atomic E-state index is 13.0. The van der Waals surface area contributed by atoms with Gasteiger partial charge in [0.05, 0.1) is 12.0 Å². The third-order valence-corrected chi connectivity index (χ3v) is 5.10. The van der Waals surface area contributed by atoms with Crippen LogP contribution >= 0.6 is 0 Å². The van der Waals surface area contributed by atoms with E-state index in [2.05, 4.69) is 5.10 Å². The summed E-state index contributed by atoms with van der Waals surface area (Å²) in [4.78, 5) is 12.1. The van der Waals surface area contributed by atoms with E-state index < -0.39 is 21.7 Å². The molecule has 3 aromatic rings. The minimum Gasteiger partial charge on any atom is -0.494 e. The molecular formula is C18H16FN3O4S.